The normalized spacial score (nSPS) is 12.2. The highest BCUT2D eigenvalue weighted by atomic mass is 16.2. The molecule has 17 heavy (non-hydrogen) atoms. The number of allylic oxidation sites excluding steroid dienone is 2. The molecule has 0 heterocycles. The molecule has 0 radical (unpaired) electrons. The summed E-state index contributed by atoms with van der Waals surface area (Å²) >= 11 is 0. The second-order valence-electron chi connectivity index (χ2n) is 4.93. The van der Waals surface area contributed by atoms with Crippen LogP contribution in [0.25, 0.3) is 0 Å². The first kappa shape index (κ1) is 14.8. The van der Waals surface area contributed by atoms with Gasteiger partial charge in [-0.2, -0.15) is 0 Å². The van der Waals surface area contributed by atoms with Gasteiger partial charge in [0.1, 0.15) is 0 Å². The van der Waals surface area contributed by atoms with Crippen LogP contribution in [0.2, 0.25) is 0 Å². The summed E-state index contributed by atoms with van der Waals surface area (Å²) in [7, 11) is 0. The number of hydrogen-bond acceptors (Lipinski definition) is 1. The van der Waals surface area contributed by atoms with E-state index >= 15 is 0 Å². The van der Waals surface area contributed by atoms with Gasteiger partial charge in [-0.3, -0.25) is 0 Å². The molecule has 0 aromatic rings. The van der Waals surface area contributed by atoms with E-state index in [0.29, 0.717) is 6.61 Å². The van der Waals surface area contributed by atoms with Crippen molar-refractivity contribution in [2.45, 2.75) is 84.0 Å². The minimum atomic E-state index is 0.598. The fourth-order valence-corrected chi connectivity index (χ4v) is 2.00. The van der Waals surface area contributed by atoms with E-state index in [1.807, 2.05) is 0 Å². The zero-order valence-electron chi connectivity index (χ0n) is 12.8. The first-order valence-electron chi connectivity index (χ1n) is 8.05. The lowest BCUT2D eigenvalue weighted by Gasteiger charge is -1.98. The van der Waals surface area contributed by atoms with E-state index in [4.69, 9.17) is 1.43 Å². The largest absolute Gasteiger partial charge is 0.396 e. The lowest BCUT2D eigenvalue weighted by molar-refractivity contribution is 0.282. The van der Waals surface area contributed by atoms with Gasteiger partial charge >= 0.3 is 0 Å². The van der Waals surface area contributed by atoms with Gasteiger partial charge in [0.05, 0.1) is 0 Å². The quantitative estimate of drug-likeness (QED) is 0.326. The van der Waals surface area contributed by atoms with Crippen molar-refractivity contribution in [3.63, 3.8) is 0 Å². The van der Waals surface area contributed by atoms with Crippen molar-refractivity contribution in [1.82, 2.24) is 0 Å². The zero-order chi connectivity index (χ0) is 13.3. The van der Waals surface area contributed by atoms with Gasteiger partial charge < -0.3 is 5.11 Å². The fourth-order valence-electron chi connectivity index (χ4n) is 2.00. The van der Waals surface area contributed by atoms with Crippen LogP contribution < -0.4 is 0 Å². The number of unbranched alkanes of at least 4 members (excludes halogenated alkanes) is 10. The maximum absolute atomic E-state index is 6.56. The number of hydrogen-bond donors (Lipinski definition) is 1. The molecule has 0 aromatic carbocycles. The Balaban J connectivity index is 2.99. The standard InChI is InChI=1S/C16H32O/c1-2-3-4-5-6-7-8-9-10-11-12-13-14-15-16-17/h7-8,17H,2-6,9-16H2,1H3/b8-7+/i17D. The Hall–Kier alpha value is -0.300. The molecule has 0 aliphatic carbocycles. The Bertz CT molecular complexity index is 168. The third-order valence-electron chi connectivity index (χ3n) is 3.16. The van der Waals surface area contributed by atoms with Crippen LogP contribution in [0, 0.1) is 0 Å². The fraction of sp³-hybridized carbons (Fsp3) is 0.875. The molecule has 0 aliphatic heterocycles. The number of aliphatic hydroxyl groups excluding tert-OH is 1. The average Bonchev–Trinajstić information content (AvgIpc) is 2.39. The summed E-state index contributed by atoms with van der Waals surface area (Å²) in [6, 6.07) is 0. The molecular formula is C16H32O. The smallest absolute Gasteiger partial charge is 0.210 e. The first-order chi connectivity index (χ1) is 8.91. The van der Waals surface area contributed by atoms with Gasteiger partial charge in [-0.15, -0.1) is 0 Å². The Morgan fingerprint density at radius 1 is 0.765 bits per heavy atom. The summed E-state index contributed by atoms with van der Waals surface area (Å²) in [6.07, 6.45) is 20.3. The van der Waals surface area contributed by atoms with Crippen molar-refractivity contribution < 1.29 is 5.11 Å². The molecule has 0 unspecified atom stereocenters. The van der Waals surface area contributed by atoms with Gasteiger partial charge in [0.2, 0.25) is 1.43 Å². The van der Waals surface area contributed by atoms with Crippen LogP contribution in [0.15, 0.2) is 12.2 Å². The third kappa shape index (κ3) is 15.7. The Morgan fingerprint density at radius 2 is 1.29 bits per heavy atom. The van der Waals surface area contributed by atoms with E-state index < -0.39 is 0 Å². The number of rotatable bonds is 14. The predicted molar refractivity (Wildman–Crippen MR) is 77.3 cm³/mol. The van der Waals surface area contributed by atoms with Gasteiger partial charge in [-0.1, -0.05) is 64.0 Å². The molecule has 0 fully saturated rings. The van der Waals surface area contributed by atoms with Crippen molar-refractivity contribution in [1.29, 1.82) is 1.43 Å². The average molecular weight is 241 g/mol. The molecule has 0 aromatic heterocycles. The van der Waals surface area contributed by atoms with Gasteiger partial charge in [0, 0.05) is 6.61 Å². The highest BCUT2D eigenvalue weighted by Crippen LogP contribution is 2.08. The molecule has 1 nitrogen and oxygen atoms in total. The van der Waals surface area contributed by atoms with Gasteiger partial charge in [0.15, 0.2) is 0 Å². The van der Waals surface area contributed by atoms with E-state index in [1.54, 1.807) is 0 Å². The Labute approximate surface area is 110 Å². The van der Waals surface area contributed by atoms with Crippen molar-refractivity contribution in [2.75, 3.05) is 6.61 Å². The van der Waals surface area contributed by atoms with Crippen LogP contribution in [0.1, 0.15) is 84.0 Å². The van der Waals surface area contributed by atoms with Crippen molar-refractivity contribution in [3.05, 3.63) is 12.2 Å². The molecule has 0 amide bonds. The van der Waals surface area contributed by atoms with Crippen molar-refractivity contribution >= 4 is 0 Å². The van der Waals surface area contributed by atoms with Crippen LogP contribution in [-0.2, 0) is 0 Å². The second-order valence-corrected chi connectivity index (χ2v) is 4.93. The van der Waals surface area contributed by atoms with Crippen molar-refractivity contribution in [3.8, 4) is 0 Å². The maximum atomic E-state index is 6.56. The van der Waals surface area contributed by atoms with Crippen LogP contribution >= 0.6 is 0 Å². The minimum absolute atomic E-state index is 0.598. The summed E-state index contributed by atoms with van der Waals surface area (Å²) in [5.41, 5.74) is 0. The Morgan fingerprint density at radius 3 is 1.88 bits per heavy atom. The second kappa shape index (κ2) is 15.7. The van der Waals surface area contributed by atoms with E-state index in [1.165, 1.54) is 70.6 Å². The highest BCUT2D eigenvalue weighted by molar-refractivity contribution is 4.81. The zero-order valence-corrected chi connectivity index (χ0v) is 11.8. The first-order valence-corrected chi connectivity index (χ1v) is 7.65. The van der Waals surface area contributed by atoms with E-state index in [9.17, 15) is 0 Å². The summed E-state index contributed by atoms with van der Waals surface area (Å²) in [5.74, 6) is 0. The molecule has 1 heteroatoms. The molecule has 0 bridgehead atoms. The molecular weight excluding hydrogens is 208 g/mol. The lowest BCUT2D eigenvalue weighted by Crippen LogP contribution is -1.83. The summed E-state index contributed by atoms with van der Waals surface area (Å²) < 4.78 is 6.56. The van der Waals surface area contributed by atoms with E-state index in [0.717, 1.165) is 6.42 Å². The molecule has 0 saturated carbocycles. The maximum Gasteiger partial charge on any atom is 0.210 e. The monoisotopic (exact) mass is 241 g/mol. The summed E-state index contributed by atoms with van der Waals surface area (Å²) in [5, 5.41) is 4.29. The molecule has 0 spiro atoms. The van der Waals surface area contributed by atoms with Crippen LogP contribution in [0.3, 0.4) is 0 Å². The highest BCUT2D eigenvalue weighted by Gasteiger charge is 1.89. The SMILES string of the molecule is [2H]OCCCCCCCC/C=C/CCCCCC. The lowest BCUT2D eigenvalue weighted by atomic mass is 10.1. The Kier molecular flexibility index (Phi) is 13.6. The van der Waals surface area contributed by atoms with Crippen LogP contribution in [-0.4, -0.2) is 13.1 Å². The van der Waals surface area contributed by atoms with Crippen LogP contribution in [0.4, 0.5) is 0 Å². The van der Waals surface area contributed by atoms with Crippen LogP contribution in [0.5, 0.6) is 0 Å². The molecule has 0 saturated heterocycles. The summed E-state index contributed by atoms with van der Waals surface area (Å²) in [4.78, 5) is 0. The third-order valence-corrected chi connectivity index (χ3v) is 3.16. The van der Waals surface area contributed by atoms with Crippen molar-refractivity contribution in [2.24, 2.45) is 0 Å². The molecule has 102 valence electrons. The molecule has 0 aliphatic rings. The van der Waals surface area contributed by atoms with E-state index in [-0.39, 0.29) is 0 Å². The van der Waals surface area contributed by atoms with Gasteiger partial charge in [-0.05, 0) is 32.1 Å². The molecule has 0 atom stereocenters. The molecule has 0 rings (SSSR count). The van der Waals surface area contributed by atoms with Gasteiger partial charge in [0.25, 0.3) is 0 Å². The minimum Gasteiger partial charge on any atom is -0.396 e. The topological polar surface area (TPSA) is 20.2 Å². The molecule has 1 N–H and O–H groups in total. The van der Waals surface area contributed by atoms with Gasteiger partial charge in [-0.25, -0.2) is 0 Å². The number of aliphatic hydroxyl groups is 1. The predicted octanol–water partition coefficient (Wildman–Crippen LogP) is 5.24. The van der Waals surface area contributed by atoms with E-state index in [2.05, 4.69) is 24.2 Å². The summed E-state index contributed by atoms with van der Waals surface area (Å²) in [6.45, 7) is 2.86.